The van der Waals surface area contributed by atoms with Crippen LogP contribution >= 0.6 is 11.6 Å². The largest absolute Gasteiger partial charge is 0.396 e. The number of anilines is 1. The molecule has 1 aliphatic heterocycles. The highest BCUT2D eigenvalue weighted by atomic mass is 35.5. The smallest absolute Gasteiger partial charge is 0.311 e. The molecular formula is C11H14ClN3O3. The molecule has 98 valence electrons. The summed E-state index contributed by atoms with van der Waals surface area (Å²) in [6.45, 7) is 1.47. The number of hydrogen-bond acceptors (Lipinski definition) is 5. The van der Waals surface area contributed by atoms with E-state index >= 15 is 0 Å². The molecule has 1 aliphatic rings. The second kappa shape index (κ2) is 5.49. The number of aromatic nitrogens is 1. The van der Waals surface area contributed by atoms with E-state index in [1.807, 2.05) is 4.90 Å². The van der Waals surface area contributed by atoms with E-state index in [4.69, 9.17) is 16.7 Å². The van der Waals surface area contributed by atoms with Crippen molar-refractivity contribution in [3.8, 4) is 0 Å². The van der Waals surface area contributed by atoms with E-state index in [1.165, 1.54) is 12.1 Å². The summed E-state index contributed by atoms with van der Waals surface area (Å²) in [7, 11) is 0. The molecular weight excluding hydrogens is 258 g/mol. The second-order valence-electron chi connectivity index (χ2n) is 4.35. The first-order chi connectivity index (χ1) is 8.61. The summed E-state index contributed by atoms with van der Waals surface area (Å²) >= 11 is 5.80. The summed E-state index contributed by atoms with van der Waals surface area (Å²) < 4.78 is 0. The van der Waals surface area contributed by atoms with Gasteiger partial charge in [0.25, 0.3) is 0 Å². The number of pyridine rings is 1. The topological polar surface area (TPSA) is 79.5 Å². The molecule has 0 unspecified atom stereocenters. The molecule has 1 aromatic heterocycles. The summed E-state index contributed by atoms with van der Waals surface area (Å²) in [5, 5.41) is 20.3. The van der Waals surface area contributed by atoms with E-state index in [-0.39, 0.29) is 23.4 Å². The normalized spacial score (nSPS) is 16.9. The van der Waals surface area contributed by atoms with E-state index in [0.29, 0.717) is 18.9 Å². The monoisotopic (exact) mass is 271 g/mol. The van der Waals surface area contributed by atoms with Gasteiger partial charge in [0.1, 0.15) is 5.15 Å². The molecule has 0 amide bonds. The number of nitrogens with zero attached hydrogens (tertiary/aromatic N) is 3. The Balaban J connectivity index is 2.22. The summed E-state index contributed by atoms with van der Waals surface area (Å²) in [6, 6.07) is 2.80. The molecule has 0 aromatic carbocycles. The van der Waals surface area contributed by atoms with E-state index < -0.39 is 4.92 Å². The van der Waals surface area contributed by atoms with Crippen molar-refractivity contribution in [1.29, 1.82) is 0 Å². The minimum absolute atomic E-state index is 0.0261. The van der Waals surface area contributed by atoms with Crippen LogP contribution in [0.15, 0.2) is 12.1 Å². The van der Waals surface area contributed by atoms with Crippen molar-refractivity contribution in [3.05, 3.63) is 27.4 Å². The standard InChI is InChI=1S/C11H14ClN3O3/c12-10-2-1-9(15(17)18)11(13-10)14-5-3-8(7-16)4-6-14/h1-2,8,16H,3-7H2. The van der Waals surface area contributed by atoms with Gasteiger partial charge in [-0.05, 0) is 24.8 Å². The average Bonchev–Trinajstić information content (AvgIpc) is 2.38. The van der Waals surface area contributed by atoms with Crippen molar-refractivity contribution in [2.24, 2.45) is 5.92 Å². The lowest BCUT2D eigenvalue weighted by Gasteiger charge is -2.31. The molecule has 0 radical (unpaired) electrons. The summed E-state index contributed by atoms with van der Waals surface area (Å²) in [4.78, 5) is 16.4. The van der Waals surface area contributed by atoms with Crippen molar-refractivity contribution < 1.29 is 10.0 Å². The van der Waals surface area contributed by atoms with Crippen LogP contribution in [0.25, 0.3) is 0 Å². The lowest BCUT2D eigenvalue weighted by Crippen LogP contribution is -2.35. The number of nitro groups is 1. The third-order valence-electron chi connectivity index (χ3n) is 3.19. The van der Waals surface area contributed by atoms with Crippen LogP contribution in [0.2, 0.25) is 5.15 Å². The minimum Gasteiger partial charge on any atom is -0.396 e. The van der Waals surface area contributed by atoms with Gasteiger partial charge in [0.2, 0.25) is 5.82 Å². The minimum atomic E-state index is -0.448. The van der Waals surface area contributed by atoms with Crippen LogP contribution in [-0.4, -0.2) is 34.7 Å². The Morgan fingerprint density at radius 1 is 1.50 bits per heavy atom. The lowest BCUT2D eigenvalue weighted by molar-refractivity contribution is -0.384. The lowest BCUT2D eigenvalue weighted by atomic mass is 9.98. The fraction of sp³-hybridized carbons (Fsp3) is 0.545. The molecule has 7 heteroatoms. The first-order valence-corrected chi connectivity index (χ1v) is 6.16. The first kappa shape index (κ1) is 13.0. The number of rotatable bonds is 3. The summed E-state index contributed by atoms with van der Waals surface area (Å²) in [5.41, 5.74) is -0.0261. The fourth-order valence-corrected chi connectivity index (χ4v) is 2.26. The van der Waals surface area contributed by atoms with Crippen LogP contribution in [-0.2, 0) is 0 Å². The van der Waals surface area contributed by atoms with Gasteiger partial charge in [-0.15, -0.1) is 0 Å². The van der Waals surface area contributed by atoms with Crippen LogP contribution in [0, 0.1) is 16.0 Å². The molecule has 18 heavy (non-hydrogen) atoms. The van der Waals surface area contributed by atoms with Gasteiger partial charge in [0.15, 0.2) is 0 Å². The molecule has 0 atom stereocenters. The molecule has 1 N–H and O–H groups in total. The Morgan fingerprint density at radius 3 is 2.72 bits per heavy atom. The highest BCUT2D eigenvalue weighted by Crippen LogP contribution is 2.30. The van der Waals surface area contributed by atoms with Crippen LogP contribution in [0.3, 0.4) is 0 Å². The highest BCUT2D eigenvalue weighted by Gasteiger charge is 2.26. The molecule has 0 bridgehead atoms. The summed E-state index contributed by atoms with van der Waals surface area (Å²) in [5.74, 6) is 0.600. The van der Waals surface area contributed by atoms with Gasteiger partial charge in [0.05, 0.1) is 4.92 Å². The number of piperidine rings is 1. The maximum Gasteiger partial charge on any atom is 0.311 e. The number of hydrogen-bond donors (Lipinski definition) is 1. The van der Waals surface area contributed by atoms with Gasteiger partial charge in [0, 0.05) is 25.8 Å². The average molecular weight is 272 g/mol. The van der Waals surface area contributed by atoms with Crippen molar-refractivity contribution >= 4 is 23.1 Å². The molecule has 1 saturated heterocycles. The maximum absolute atomic E-state index is 11.0. The van der Waals surface area contributed by atoms with Gasteiger partial charge in [-0.25, -0.2) is 4.98 Å². The third-order valence-corrected chi connectivity index (χ3v) is 3.40. The van der Waals surface area contributed by atoms with Gasteiger partial charge in [-0.2, -0.15) is 0 Å². The quantitative estimate of drug-likeness (QED) is 0.516. The Labute approximate surface area is 109 Å². The first-order valence-electron chi connectivity index (χ1n) is 5.78. The Morgan fingerprint density at radius 2 is 2.17 bits per heavy atom. The zero-order valence-electron chi connectivity index (χ0n) is 9.75. The molecule has 1 aromatic rings. The van der Waals surface area contributed by atoms with Gasteiger partial charge in [-0.1, -0.05) is 11.6 Å². The van der Waals surface area contributed by atoms with E-state index in [0.717, 1.165) is 12.8 Å². The van der Waals surface area contributed by atoms with Crippen molar-refractivity contribution in [1.82, 2.24) is 4.98 Å². The molecule has 1 fully saturated rings. The van der Waals surface area contributed by atoms with Crippen LogP contribution in [0.4, 0.5) is 11.5 Å². The highest BCUT2D eigenvalue weighted by molar-refractivity contribution is 6.29. The predicted molar refractivity (Wildman–Crippen MR) is 67.9 cm³/mol. The third kappa shape index (κ3) is 2.70. The fourth-order valence-electron chi connectivity index (χ4n) is 2.12. The van der Waals surface area contributed by atoms with Gasteiger partial charge < -0.3 is 10.0 Å². The van der Waals surface area contributed by atoms with E-state index in [9.17, 15) is 10.1 Å². The SMILES string of the molecule is O=[N+]([O-])c1ccc(Cl)nc1N1CCC(CO)CC1. The van der Waals surface area contributed by atoms with Crippen molar-refractivity contribution in [2.45, 2.75) is 12.8 Å². The van der Waals surface area contributed by atoms with Crippen LogP contribution in [0.1, 0.15) is 12.8 Å². The van der Waals surface area contributed by atoms with E-state index in [2.05, 4.69) is 4.98 Å². The number of aliphatic hydroxyl groups excluding tert-OH is 1. The molecule has 0 spiro atoms. The maximum atomic E-state index is 11.0. The number of halogens is 1. The Kier molecular flexibility index (Phi) is 3.98. The van der Waals surface area contributed by atoms with Crippen molar-refractivity contribution in [2.75, 3.05) is 24.6 Å². The molecule has 6 nitrogen and oxygen atoms in total. The van der Waals surface area contributed by atoms with Gasteiger partial charge in [-0.3, -0.25) is 10.1 Å². The molecule has 2 rings (SSSR count). The number of aliphatic hydroxyl groups is 1. The van der Waals surface area contributed by atoms with Gasteiger partial charge >= 0.3 is 5.69 Å². The summed E-state index contributed by atoms with van der Waals surface area (Å²) in [6.07, 6.45) is 1.61. The van der Waals surface area contributed by atoms with Crippen LogP contribution < -0.4 is 4.90 Å². The molecule has 0 aliphatic carbocycles. The predicted octanol–water partition coefficient (Wildman–Crippen LogP) is 1.85. The Hall–Kier alpha value is -1.40. The molecule has 2 heterocycles. The van der Waals surface area contributed by atoms with E-state index in [1.54, 1.807) is 0 Å². The molecule has 0 saturated carbocycles. The second-order valence-corrected chi connectivity index (χ2v) is 4.73. The van der Waals surface area contributed by atoms with Crippen molar-refractivity contribution in [3.63, 3.8) is 0 Å². The Bertz CT molecular complexity index is 447. The zero-order valence-corrected chi connectivity index (χ0v) is 10.5. The van der Waals surface area contributed by atoms with Crippen LogP contribution in [0.5, 0.6) is 0 Å². The zero-order chi connectivity index (χ0) is 13.1.